The average Bonchev–Trinajstić information content (AvgIpc) is 2.19. The highest BCUT2D eigenvalue weighted by atomic mass is 127. The molecule has 1 aliphatic carbocycles. The second-order valence-electron chi connectivity index (χ2n) is 4.33. The van der Waals surface area contributed by atoms with Gasteiger partial charge in [0.1, 0.15) is 0 Å². The largest absolute Gasteiger partial charge is 0.397 e. The molecule has 0 saturated heterocycles. The number of benzene rings is 1. The Morgan fingerprint density at radius 1 is 1.50 bits per heavy atom. The fraction of sp³-hybridized carbons (Fsp3) is 0.500. The molecule has 1 aliphatic rings. The topological polar surface area (TPSA) is 38.0 Å². The number of hydrogen-bond donors (Lipinski definition) is 2. The predicted molar refractivity (Wildman–Crippen MR) is 82.2 cm³/mol. The van der Waals surface area contributed by atoms with Crippen molar-refractivity contribution in [1.29, 1.82) is 0 Å². The van der Waals surface area contributed by atoms with Crippen molar-refractivity contribution in [2.24, 2.45) is 0 Å². The van der Waals surface area contributed by atoms with Crippen LogP contribution in [0.3, 0.4) is 0 Å². The Balaban J connectivity index is 1.99. The van der Waals surface area contributed by atoms with Gasteiger partial charge in [-0.25, -0.2) is 0 Å². The molecular formula is C12H17IN2S. The summed E-state index contributed by atoms with van der Waals surface area (Å²) in [6, 6.07) is 6.17. The van der Waals surface area contributed by atoms with E-state index in [4.69, 9.17) is 5.73 Å². The van der Waals surface area contributed by atoms with Crippen LogP contribution in [0.1, 0.15) is 19.3 Å². The summed E-state index contributed by atoms with van der Waals surface area (Å²) in [6.07, 6.45) is 6.22. The first-order valence-electron chi connectivity index (χ1n) is 5.49. The van der Waals surface area contributed by atoms with Crippen LogP contribution < -0.4 is 11.1 Å². The number of nitrogens with two attached hydrogens (primary N) is 1. The van der Waals surface area contributed by atoms with E-state index in [0.29, 0.717) is 4.75 Å². The lowest BCUT2D eigenvalue weighted by Crippen LogP contribution is -2.40. The second kappa shape index (κ2) is 5.04. The lowest BCUT2D eigenvalue weighted by Gasteiger charge is -2.40. The number of hydrogen-bond acceptors (Lipinski definition) is 3. The summed E-state index contributed by atoms with van der Waals surface area (Å²) < 4.78 is 1.64. The number of nitrogen functional groups attached to an aromatic ring is 1. The summed E-state index contributed by atoms with van der Waals surface area (Å²) in [7, 11) is 0. The summed E-state index contributed by atoms with van der Waals surface area (Å²) in [6.45, 7) is 1.03. The van der Waals surface area contributed by atoms with E-state index in [1.807, 2.05) is 17.8 Å². The van der Waals surface area contributed by atoms with Gasteiger partial charge in [-0.3, -0.25) is 0 Å². The first-order valence-corrected chi connectivity index (χ1v) is 7.80. The van der Waals surface area contributed by atoms with Gasteiger partial charge in [0.25, 0.3) is 0 Å². The summed E-state index contributed by atoms with van der Waals surface area (Å²) in [5.41, 5.74) is 7.90. The van der Waals surface area contributed by atoms with Crippen LogP contribution in [0.4, 0.5) is 11.4 Å². The molecule has 4 heteroatoms. The molecule has 1 aromatic rings. The Bertz CT molecular complexity index is 372. The monoisotopic (exact) mass is 348 g/mol. The third-order valence-electron chi connectivity index (χ3n) is 3.31. The molecule has 0 unspecified atom stereocenters. The van der Waals surface area contributed by atoms with Crippen molar-refractivity contribution >= 4 is 45.7 Å². The van der Waals surface area contributed by atoms with E-state index in [-0.39, 0.29) is 0 Å². The Kier molecular flexibility index (Phi) is 3.89. The van der Waals surface area contributed by atoms with Gasteiger partial charge in [-0.05, 0) is 59.9 Å². The normalized spacial score (nSPS) is 17.9. The minimum absolute atomic E-state index is 0.454. The molecule has 1 aromatic carbocycles. The molecule has 0 radical (unpaired) electrons. The number of thioether (sulfide) groups is 1. The quantitative estimate of drug-likeness (QED) is 0.645. The number of halogens is 1. The zero-order chi connectivity index (χ0) is 11.6. The number of nitrogens with one attached hydrogen (secondary N) is 1. The zero-order valence-corrected chi connectivity index (χ0v) is 12.4. The number of rotatable bonds is 4. The van der Waals surface area contributed by atoms with E-state index in [1.54, 1.807) is 0 Å². The third kappa shape index (κ3) is 2.59. The summed E-state index contributed by atoms with van der Waals surface area (Å²) in [5, 5.41) is 3.48. The molecule has 0 aromatic heterocycles. The summed E-state index contributed by atoms with van der Waals surface area (Å²) in [5.74, 6) is 0. The molecule has 0 heterocycles. The van der Waals surface area contributed by atoms with Crippen LogP contribution in [0.25, 0.3) is 0 Å². The summed E-state index contributed by atoms with van der Waals surface area (Å²) in [4.78, 5) is 0. The molecule has 1 saturated carbocycles. The molecule has 0 amide bonds. The minimum Gasteiger partial charge on any atom is -0.397 e. The van der Waals surface area contributed by atoms with Gasteiger partial charge in [0.05, 0.1) is 11.4 Å². The van der Waals surface area contributed by atoms with Gasteiger partial charge in [0.15, 0.2) is 0 Å². The van der Waals surface area contributed by atoms with Gasteiger partial charge < -0.3 is 11.1 Å². The van der Waals surface area contributed by atoms with Crippen LogP contribution in [0.2, 0.25) is 0 Å². The van der Waals surface area contributed by atoms with Crippen molar-refractivity contribution in [2.75, 3.05) is 23.9 Å². The van der Waals surface area contributed by atoms with Crippen molar-refractivity contribution in [3.8, 4) is 0 Å². The smallest absolute Gasteiger partial charge is 0.0575 e. The van der Waals surface area contributed by atoms with E-state index < -0.39 is 0 Å². The maximum Gasteiger partial charge on any atom is 0.0575 e. The SMILES string of the molecule is CSC1(CNc2ccc(I)cc2N)CCC1. The molecule has 0 spiro atoms. The molecule has 88 valence electrons. The van der Waals surface area contributed by atoms with Gasteiger partial charge in [-0.15, -0.1) is 0 Å². The molecule has 2 rings (SSSR count). The van der Waals surface area contributed by atoms with Crippen LogP contribution >= 0.6 is 34.4 Å². The molecule has 1 fully saturated rings. The Labute approximate surface area is 115 Å². The highest BCUT2D eigenvalue weighted by Gasteiger charge is 2.35. The molecule has 3 N–H and O–H groups in total. The van der Waals surface area contributed by atoms with Crippen LogP contribution in [0, 0.1) is 3.57 Å². The van der Waals surface area contributed by atoms with E-state index >= 15 is 0 Å². The van der Waals surface area contributed by atoms with Crippen molar-refractivity contribution in [1.82, 2.24) is 0 Å². The van der Waals surface area contributed by atoms with Gasteiger partial charge >= 0.3 is 0 Å². The van der Waals surface area contributed by atoms with E-state index in [0.717, 1.165) is 17.9 Å². The van der Waals surface area contributed by atoms with Crippen LogP contribution in [-0.2, 0) is 0 Å². The van der Waals surface area contributed by atoms with Gasteiger partial charge in [-0.1, -0.05) is 6.42 Å². The fourth-order valence-corrected chi connectivity index (χ4v) is 3.40. The van der Waals surface area contributed by atoms with Crippen LogP contribution in [0.15, 0.2) is 18.2 Å². The van der Waals surface area contributed by atoms with Gasteiger partial charge in [0.2, 0.25) is 0 Å². The lowest BCUT2D eigenvalue weighted by molar-refractivity contribution is 0.380. The van der Waals surface area contributed by atoms with Crippen molar-refractivity contribution < 1.29 is 0 Å². The number of anilines is 2. The Hall–Kier alpha value is -0.100. The van der Waals surface area contributed by atoms with E-state index in [9.17, 15) is 0 Å². The van der Waals surface area contributed by atoms with Crippen LogP contribution in [-0.4, -0.2) is 17.5 Å². The predicted octanol–water partition coefficient (Wildman–Crippen LogP) is 3.57. The third-order valence-corrected chi connectivity index (χ3v) is 5.40. The molecule has 0 atom stereocenters. The van der Waals surface area contributed by atoms with Crippen molar-refractivity contribution in [3.63, 3.8) is 0 Å². The van der Waals surface area contributed by atoms with Gasteiger partial charge in [0, 0.05) is 14.9 Å². The van der Waals surface area contributed by atoms with Crippen molar-refractivity contribution in [3.05, 3.63) is 21.8 Å². The zero-order valence-electron chi connectivity index (χ0n) is 9.42. The maximum absolute atomic E-state index is 5.98. The van der Waals surface area contributed by atoms with Crippen molar-refractivity contribution in [2.45, 2.75) is 24.0 Å². The second-order valence-corrected chi connectivity index (χ2v) is 6.85. The summed E-state index contributed by atoms with van der Waals surface area (Å²) >= 11 is 4.26. The maximum atomic E-state index is 5.98. The van der Waals surface area contributed by atoms with E-state index in [2.05, 4.69) is 46.3 Å². The molecule has 16 heavy (non-hydrogen) atoms. The Morgan fingerprint density at radius 3 is 2.75 bits per heavy atom. The average molecular weight is 348 g/mol. The minimum atomic E-state index is 0.454. The lowest BCUT2D eigenvalue weighted by atomic mass is 9.84. The molecule has 0 aliphatic heterocycles. The fourth-order valence-electron chi connectivity index (χ4n) is 1.98. The van der Waals surface area contributed by atoms with Gasteiger partial charge in [-0.2, -0.15) is 11.8 Å². The highest BCUT2D eigenvalue weighted by molar-refractivity contribution is 14.1. The van der Waals surface area contributed by atoms with E-state index in [1.165, 1.54) is 22.8 Å². The first kappa shape index (κ1) is 12.4. The van der Waals surface area contributed by atoms with Crippen LogP contribution in [0.5, 0.6) is 0 Å². The Morgan fingerprint density at radius 2 is 2.25 bits per heavy atom. The standard InChI is InChI=1S/C12H17IN2S/c1-16-12(5-2-6-12)8-15-11-4-3-9(13)7-10(11)14/h3-4,7,15H,2,5-6,8,14H2,1H3. The molecular weight excluding hydrogens is 331 g/mol. The first-order chi connectivity index (χ1) is 7.65. The highest BCUT2D eigenvalue weighted by Crippen LogP contribution is 2.43. The molecule has 0 bridgehead atoms. The molecule has 2 nitrogen and oxygen atoms in total.